The molecule has 0 aliphatic heterocycles. The normalized spacial score (nSPS) is 11.7. The molecule has 0 saturated carbocycles. The maximum absolute atomic E-state index is 12.8. The fraction of sp³-hybridized carbons (Fsp3) is 0.286. The Labute approximate surface area is 132 Å². The first kappa shape index (κ1) is 17.2. The minimum absolute atomic E-state index is 0.0174. The number of rotatable bonds is 6. The SMILES string of the molecule is CCOP(=O)(OCC)c1ccc2c(c1)c(C(N)=O)cn2C(=O)O. The van der Waals surface area contributed by atoms with Crippen LogP contribution in [0.25, 0.3) is 10.9 Å². The summed E-state index contributed by atoms with van der Waals surface area (Å²) < 4.78 is 24.2. The maximum atomic E-state index is 12.8. The molecule has 0 fully saturated rings. The number of aromatic nitrogens is 1. The van der Waals surface area contributed by atoms with E-state index in [0.717, 1.165) is 10.8 Å². The molecule has 1 aromatic carbocycles. The summed E-state index contributed by atoms with van der Waals surface area (Å²) in [4.78, 5) is 22.8. The van der Waals surface area contributed by atoms with Gasteiger partial charge in [0.25, 0.3) is 5.91 Å². The molecule has 0 aliphatic rings. The Morgan fingerprint density at radius 3 is 2.35 bits per heavy atom. The number of fused-ring (bicyclic) bond motifs is 1. The molecule has 2 aromatic rings. The molecule has 0 spiro atoms. The van der Waals surface area contributed by atoms with Gasteiger partial charge in [0.15, 0.2) is 0 Å². The first-order chi connectivity index (χ1) is 10.8. The molecule has 23 heavy (non-hydrogen) atoms. The Hall–Kier alpha value is -2.15. The molecule has 1 aromatic heterocycles. The number of hydrogen-bond acceptors (Lipinski definition) is 5. The molecule has 0 unspecified atom stereocenters. The number of amides is 1. The third kappa shape index (κ3) is 3.14. The number of nitrogens with zero attached hydrogens (tertiary/aromatic N) is 1. The van der Waals surface area contributed by atoms with Crippen LogP contribution in [0.4, 0.5) is 4.79 Å². The summed E-state index contributed by atoms with van der Waals surface area (Å²) in [6, 6.07) is 4.32. The van der Waals surface area contributed by atoms with E-state index in [2.05, 4.69) is 0 Å². The second-order valence-corrected chi connectivity index (χ2v) is 6.62. The van der Waals surface area contributed by atoms with Crippen molar-refractivity contribution >= 4 is 35.8 Å². The number of benzene rings is 1. The molecule has 124 valence electrons. The smallest absolute Gasteiger partial charge is 0.416 e. The predicted molar refractivity (Wildman–Crippen MR) is 84.4 cm³/mol. The Morgan fingerprint density at radius 1 is 1.26 bits per heavy atom. The zero-order valence-electron chi connectivity index (χ0n) is 12.7. The van der Waals surface area contributed by atoms with Crippen molar-refractivity contribution in [2.45, 2.75) is 13.8 Å². The molecule has 2 rings (SSSR count). The van der Waals surface area contributed by atoms with Gasteiger partial charge in [0.2, 0.25) is 0 Å². The summed E-state index contributed by atoms with van der Waals surface area (Å²) in [5, 5.41) is 9.69. The molecule has 3 N–H and O–H groups in total. The highest BCUT2D eigenvalue weighted by Crippen LogP contribution is 2.47. The van der Waals surface area contributed by atoms with Gasteiger partial charge in [-0.15, -0.1) is 0 Å². The quantitative estimate of drug-likeness (QED) is 0.777. The number of carbonyl (C=O) groups excluding carboxylic acids is 1. The monoisotopic (exact) mass is 340 g/mol. The molecule has 0 bridgehead atoms. The van der Waals surface area contributed by atoms with E-state index in [-0.39, 0.29) is 35.0 Å². The molecule has 0 atom stereocenters. The Morgan fingerprint density at radius 2 is 1.87 bits per heavy atom. The van der Waals surface area contributed by atoms with Crippen molar-refractivity contribution < 1.29 is 28.3 Å². The second kappa shape index (κ2) is 6.54. The molecule has 1 heterocycles. The molecule has 8 nitrogen and oxygen atoms in total. The van der Waals surface area contributed by atoms with E-state index in [9.17, 15) is 19.3 Å². The van der Waals surface area contributed by atoms with E-state index in [1.807, 2.05) is 0 Å². The summed E-state index contributed by atoms with van der Waals surface area (Å²) in [5.41, 5.74) is 5.57. The topological polar surface area (TPSA) is 121 Å². The molecule has 0 aliphatic carbocycles. The summed E-state index contributed by atoms with van der Waals surface area (Å²) in [6.45, 7) is 3.71. The zero-order valence-corrected chi connectivity index (χ0v) is 13.6. The van der Waals surface area contributed by atoms with Crippen LogP contribution in [0.3, 0.4) is 0 Å². The number of carboxylic acid groups (broad SMARTS) is 1. The lowest BCUT2D eigenvalue weighted by molar-refractivity contribution is 0.100. The van der Waals surface area contributed by atoms with Gasteiger partial charge < -0.3 is 19.9 Å². The molecule has 9 heteroatoms. The van der Waals surface area contributed by atoms with Crippen LogP contribution in [0.15, 0.2) is 24.4 Å². The van der Waals surface area contributed by atoms with Crippen LogP contribution >= 0.6 is 7.60 Å². The van der Waals surface area contributed by atoms with Crippen LogP contribution in [-0.2, 0) is 13.6 Å². The average molecular weight is 340 g/mol. The van der Waals surface area contributed by atoms with E-state index in [4.69, 9.17) is 14.8 Å². The number of carbonyl (C=O) groups is 2. The number of hydrogen-bond donors (Lipinski definition) is 2. The fourth-order valence-electron chi connectivity index (χ4n) is 2.27. The zero-order chi connectivity index (χ0) is 17.2. The Balaban J connectivity index is 2.70. The van der Waals surface area contributed by atoms with Crippen molar-refractivity contribution in [3.63, 3.8) is 0 Å². The molecular formula is C14H17N2O6P. The molecule has 1 amide bonds. The summed E-state index contributed by atoms with van der Waals surface area (Å²) in [7, 11) is -3.55. The van der Waals surface area contributed by atoms with Crippen molar-refractivity contribution in [2.75, 3.05) is 13.2 Å². The number of primary amides is 1. The first-order valence-electron chi connectivity index (χ1n) is 6.92. The standard InChI is InChI=1S/C14H17N2O6P/c1-3-21-23(20,22-4-2)9-5-6-12-10(7-9)11(13(15)17)8-16(12)14(18)19/h5-8H,3-4H2,1-2H3,(H2,15,17)(H,18,19). The second-order valence-electron chi connectivity index (χ2n) is 4.59. The predicted octanol–water partition coefficient (Wildman–Crippen LogP) is 2.16. The summed E-state index contributed by atoms with van der Waals surface area (Å²) in [6.07, 6.45) is -0.126. The van der Waals surface area contributed by atoms with Crippen molar-refractivity contribution in [2.24, 2.45) is 5.73 Å². The van der Waals surface area contributed by atoms with Crippen LogP contribution in [0.1, 0.15) is 24.2 Å². The van der Waals surface area contributed by atoms with E-state index in [1.165, 1.54) is 18.2 Å². The number of nitrogens with two attached hydrogens (primary N) is 1. The van der Waals surface area contributed by atoms with Gasteiger partial charge in [-0.25, -0.2) is 4.79 Å². The molecule has 0 radical (unpaired) electrons. The van der Waals surface area contributed by atoms with Crippen LogP contribution in [-0.4, -0.2) is 34.9 Å². The van der Waals surface area contributed by atoms with Gasteiger partial charge in [0.05, 0.1) is 29.6 Å². The molecule has 0 saturated heterocycles. The first-order valence-corrected chi connectivity index (χ1v) is 8.46. The van der Waals surface area contributed by atoms with Gasteiger partial charge in [0.1, 0.15) is 0 Å². The Kier molecular flexibility index (Phi) is 4.89. The average Bonchev–Trinajstić information content (AvgIpc) is 2.86. The van der Waals surface area contributed by atoms with Crippen molar-refractivity contribution in [1.29, 1.82) is 0 Å². The van der Waals surface area contributed by atoms with Crippen molar-refractivity contribution in [3.05, 3.63) is 30.0 Å². The highest BCUT2D eigenvalue weighted by Gasteiger charge is 2.28. The van der Waals surface area contributed by atoms with E-state index in [1.54, 1.807) is 13.8 Å². The Bertz CT molecular complexity index is 803. The lowest BCUT2D eigenvalue weighted by Gasteiger charge is -2.17. The van der Waals surface area contributed by atoms with Gasteiger partial charge in [-0.05, 0) is 32.0 Å². The highest BCUT2D eigenvalue weighted by molar-refractivity contribution is 7.62. The summed E-state index contributed by atoms with van der Waals surface area (Å²) >= 11 is 0. The van der Waals surface area contributed by atoms with E-state index < -0.39 is 19.6 Å². The fourth-order valence-corrected chi connectivity index (χ4v) is 3.87. The van der Waals surface area contributed by atoms with Gasteiger partial charge >= 0.3 is 13.7 Å². The highest BCUT2D eigenvalue weighted by atomic mass is 31.2. The van der Waals surface area contributed by atoms with Crippen LogP contribution in [0, 0.1) is 0 Å². The van der Waals surface area contributed by atoms with E-state index in [0.29, 0.717) is 0 Å². The van der Waals surface area contributed by atoms with Gasteiger partial charge in [-0.3, -0.25) is 13.9 Å². The third-order valence-electron chi connectivity index (χ3n) is 3.17. The van der Waals surface area contributed by atoms with Crippen LogP contribution < -0.4 is 11.0 Å². The molecular weight excluding hydrogens is 323 g/mol. The van der Waals surface area contributed by atoms with Crippen molar-refractivity contribution in [1.82, 2.24) is 4.57 Å². The lowest BCUT2D eigenvalue weighted by atomic mass is 10.2. The van der Waals surface area contributed by atoms with E-state index >= 15 is 0 Å². The van der Waals surface area contributed by atoms with Crippen LogP contribution in [0.2, 0.25) is 0 Å². The maximum Gasteiger partial charge on any atom is 0.416 e. The van der Waals surface area contributed by atoms with Gasteiger partial charge in [-0.1, -0.05) is 0 Å². The lowest BCUT2D eigenvalue weighted by Crippen LogP contribution is -2.12. The minimum Gasteiger partial charge on any atom is -0.464 e. The largest absolute Gasteiger partial charge is 0.464 e. The van der Waals surface area contributed by atoms with Gasteiger partial charge in [0, 0.05) is 11.6 Å². The van der Waals surface area contributed by atoms with Gasteiger partial charge in [-0.2, -0.15) is 0 Å². The van der Waals surface area contributed by atoms with Crippen molar-refractivity contribution in [3.8, 4) is 0 Å². The third-order valence-corrected chi connectivity index (χ3v) is 5.28. The summed E-state index contributed by atoms with van der Waals surface area (Å²) in [5.74, 6) is -0.783. The minimum atomic E-state index is -3.55. The van der Waals surface area contributed by atoms with Crippen LogP contribution in [0.5, 0.6) is 0 Å².